The van der Waals surface area contributed by atoms with Crippen molar-refractivity contribution >= 4 is 34.7 Å². The number of amides is 1. The van der Waals surface area contributed by atoms with Gasteiger partial charge in [-0.1, -0.05) is 31.5 Å². The minimum Gasteiger partial charge on any atom is -0.493 e. The number of para-hydroxylation sites is 1. The number of likely N-dealkylation sites (tertiary alicyclic amines) is 1. The molecular weight excluding hydrogens is 557 g/mol. The van der Waals surface area contributed by atoms with Gasteiger partial charge >= 0.3 is 12.1 Å². The van der Waals surface area contributed by atoms with Crippen molar-refractivity contribution in [3.05, 3.63) is 56.7 Å². The van der Waals surface area contributed by atoms with Crippen LogP contribution < -0.4 is 9.47 Å². The summed E-state index contributed by atoms with van der Waals surface area (Å²) < 4.78 is 18.5. The summed E-state index contributed by atoms with van der Waals surface area (Å²) >= 11 is 2.28. The van der Waals surface area contributed by atoms with E-state index in [2.05, 4.69) is 29.5 Å². The van der Waals surface area contributed by atoms with Crippen LogP contribution in [0, 0.1) is 10.5 Å². The summed E-state index contributed by atoms with van der Waals surface area (Å²) in [5, 5.41) is 0. The molecule has 1 atom stereocenters. The van der Waals surface area contributed by atoms with Crippen LogP contribution in [0.2, 0.25) is 0 Å². The monoisotopic (exact) mass is 593 g/mol. The highest BCUT2D eigenvalue weighted by atomic mass is 127. The molecule has 0 saturated carbocycles. The zero-order valence-electron chi connectivity index (χ0n) is 21.4. The van der Waals surface area contributed by atoms with Crippen LogP contribution in [0.25, 0.3) is 0 Å². The number of halogens is 1. The first-order valence-corrected chi connectivity index (χ1v) is 13.4. The molecule has 1 fully saturated rings. The Hall–Kier alpha value is -2.29. The first kappa shape index (κ1) is 27.3. The fourth-order valence-corrected chi connectivity index (χ4v) is 4.95. The van der Waals surface area contributed by atoms with Gasteiger partial charge in [-0.15, -0.1) is 0 Å². The molecule has 1 aliphatic rings. The number of carbonyl (C=O) groups is 2. The summed E-state index contributed by atoms with van der Waals surface area (Å²) in [5.41, 5.74) is 1.64. The van der Waals surface area contributed by atoms with Gasteiger partial charge in [-0.25, -0.2) is 9.59 Å². The van der Waals surface area contributed by atoms with E-state index in [4.69, 9.17) is 14.2 Å². The second-order valence-corrected chi connectivity index (χ2v) is 10.9. The molecule has 0 radical (unpaired) electrons. The zero-order chi connectivity index (χ0) is 25.6. The van der Waals surface area contributed by atoms with Crippen LogP contribution in [0.15, 0.2) is 36.4 Å². The predicted octanol–water partition coefficient (Wildman–Crippen LogP) is 7.46. The van der Waals surface area contributed by atoms with Crippen molar-refractivity contribution in [1.29, 1.82) is 0 Å². The SMILES string of the molecule is CCCCOc1cc(C2CCCCN2C(=O)OC(C)(C)C)c(I)c(C)c1C(=O)Oc1ccccc1. The molecule has 2 aromatic rings. The van der Waals surface area contributed by atoms with Crippen LogP contribution in [-0.4, -0.2) is 35.7 Å². The van der Waals surface area contributed by atoms with E-state index < -0.39 is 11.6 Å². The molecule has 0 aromatic heterocycles. The summed E-state index contributed by atoms with van der Waals surface area (Å²) in [7, 11) is 0. The van der Waals surface area contributed by atoms with Gasteiger partial charge in [-0.05, 0) is 105 Å². The van der Waals surface area contributed by atoms with Gasteiger partial charge in [0.05, 0.1) is 12.6 Å². The third-order valence-corrected chi connectivity index (χ3v) is 7.33. The van der Waals surface area contributed by atoms with Gasteiger partial charge in [0.15, 0.2) is 0 Å². The lowest BCUT2D eigenvalue weighted by atomic mass is 9.92. The van der Waals surface area contributed by atoms with E-state index in [0.717, 1.165) is 46.8 Å². The Morgan fingerprint density at radius 2 is 1.86 bits per heavy atom. The standard InChI is InChI=1S/C28H36INO5/c1-6-7-17-33-23-18-21(22-15-11-12-16-30(22)27(32)35-28(3,4)5)25(29)19(2)24(23)26(31)34-20-13-9-8-10-14-20/h8-10,13-14,18,22H,6-7,11-12,15-17H2,1-5H3. The molecule has 1 heterocycles. The first-order chi connectivity index (χ1) is 16.6. The lowest BCUT2D eigenvalue weighted by Crippen LogP contribution is -2.42. The maximum Gasteiger partial charge on any atom is 0.410 e. The lowest BCUT2D eigenvalue weighted by Gasteiger charge is -2.38. The molecule has 0 N–H and O–H groups in total. The Morgan fingerprint density at radius 1 is 1.14 bits per heavy atom. The molecule has 190 valence electrons. The second-order valence-electron chi connectivity index (χ2n) is 9.87. The van der Waals surface area contributed by atoms with Crippen molar-refractivity contribution in [2.75, 3.05) is 13.2 Å². The third-order valence-electron chi connectivity index (χ3n) is 5.89. The van der Waals surface area contributed by atoms with Crippen molar-refractivity contribution in [1.82, 2.24) is 4.90 Å². The van der Waals surface area contributed by atoms with Crippen LogP contribution >= 0.6 is 22.6 Å². The molecule has 7 heteroatoms. The quantitative estimate of drug-likeness (QED) is 0.144. The molecule has 35 heavy (non-hydrogen) atoms. The number of piperidine rings is 1. The summed E-state index contributed by atoms with van der Waals surface area (Å²) in [6.45, 7) is 10.8. The van der Waals surface area contributed by atoms with E-state index in [0.29, 0.717) is 30.2 Å². The molecule has 1 unspecified atom stereocenters. The maximum atomic E-state index is 13.3. The molecule has 1 aliphatic heterocycles. The van der Waals surface area contributed by atoms with E-state index in [1.54, 1.807) is 12.1 Å². The number of benzene rings is 2. The Bertz CT molecular complexity index is 1030. The minimum absolute atomic E-state index is 0.142. The predicted molar refractivity (Wildman–Crippen MR) is 145 cm³/mol. The van der Waals surface area contributed by atoms with Gasteiger partial charge in [0.1, 0.15) is 22.7 Å². The van der Waals surface area contributed by atoms with Gasteiger partial charge in [-0.2, -0.15) is 0 Å². The Morgan fingerprint density at radius 3 is 2.51 bits per heavy atom. The van der Waals surface area contributed by atoms with Crippen LogP contribution in [0.5, 0.6) is 11.5 Å². The van der Waals surface area contributed by atoms with Gasteiger partial charge in [0.2, 0.25) is 0 Å². The van der Waals surface area contributed by atoms with Crippen LogP contribution in [0.1, 0.15) is 87.3 Å². The van der Waals surface area contributed by atoms with E-state index in [1.807, 2.05) is 56.9 Å². The van der Waals surface area contributed by atoms with Crippen molar-refractivity contribution in [2.45, 2.75) is 78.4 Å². The average molecular weight is 594 g/mol. The number of hydrogen-bond donors (Lipinski definition) is 0. The Balaban J connectivity index is 2.01. The molecule has 6 nitrogen and oxygen atoms in total. The van der Waals surface area contributed by atoms with E-state index >= 15 is 0 Å². The van der Waals surface area contributed by atoms with Crippen molar-refractivity contribution in [2.24, 2.45) is 0 Å². The summed E-state index contributed by atoms with van der Waals surface area (Å²) in [5.74, 6) is 0.540. The van der Waals surface area contributed by atoms with Crippen molar-refractivity contribution in [3.8, 4) is 11.5 Å². The number of rotatable bonds is 7. The lowest BCUT2D eigenvalue weighted by molar-refractivity contribution is 0.00933. The third kappa shape index (κ3) is 7.12. The summed E-state index contributed by atoms with van der Waals surface area (Å²) in [6, 6.07) is 10.8. The van der Waals surface area contributed by atoms with Gasteiger partial charge in [-0.3, -0.25) is 0 Å². The Labute approximate surface area is 222 Å². The first-order valence-electron chi connectivity index (χ1n) is 12.3. The number of hydrogen-bond acceptors (Lipinski definition) is 5. The average Bonchev–Trinajstić information content (AvgIpc) is 2.81. The molecule has 1 amide bonds. The minimum atomic E-state index is -0.568. The molecule has 0 bridgehead atoms. The molecule has 2 aromatic carbocycles. The second kappa shape index (κ2) is 12.1. The van der Waals surface area contributed by atoms with Gasteiger partial charge in [0.25, 0.3) is 0 Å². The number of carbonyl (C=O) groups excluding carboxylic acids is 2. The highest BCUT2D eigenvalue weighted by Crippen LogP contribution is 2.40. The largest absolute Gasteiger partial charge is 0.493 e. The van der Waals surface area contributed by atoms with Crippen LogP contribution in [-0.2, 0) is 4.74 Å². The van der Waals surface area contributed by atoms with Gasteiger partial charge in [0, 0.05) is 10.1 Å². The fourth-order valence-electron chi connectivity index (χ4n) is 4.16. The topological polar surface area (TPSA) is 65.1 Å². The molecular formula is C28H36INO5. The van der Waals surface area contributed by atoms with Gasteiger partial charge < -0.3 is 19.1 Å². The normalized spacial score (nSPS) is 16.1. The van der Waals surface area contributed by atoms with Crippen molar-refractivity contribution in [3.63, 3.8) is 0 Å². The molecule has 0 spiro atoms. The highest BCUT2D eigenvalue weighted by molar-refractivity contribution is 14.1. The summed E-state index contributed by atoms with van der Waals surface area (Å²) in [6.07, 6.45) is 4.33. The Kier molecular flexibility index (Phi) is 9.44. The molecule has 1 saturated heterocycles. The zero-order valence-corrected chi connectivity index (χ0v) is 23.5. The highest BCUT2D eigenvalue weighted by Gasteiger charge is 2.34. The van der Waals surface area contributed by atoms with E-state index in [1.165, 1.54) is 0 Å². The van der Waals surface area contributed by atoms with Crippen LogP contribution in [0.3, 0.4) is 0 Å². The number of unbranched alkanes of at least 4 members (excludes halogenated alkanes) is 1. The molecule has 0 aliphatic carbocycles. The smallest absolute Gasteiger partial charge is 0.410 e. The van der Waals surface area contributed by atoms with E-state index in [9.17, 15) is 9.59 Å². The van der Waals surface area contributed by atoms with E-state index in [-0.39, 0.29) is 12.1 Å². The number of esters is 1. The molecule has 3 rings (SSSR count). The van der Waals surface area contributed by atoms with Crippen molar-refractivity contribution < 1.29 is 23.8 Å². The van der Waals surface area contributed by atoms with Crippen LogP contribution in [0.4, 0.5) is 4.79 Å². The fraction of sp³-hybridized carbons (Fsp3) is 0.500. The number of ether oxygens (including phenoxy) is 3. The maximum absolute atomic E-state index is 13.3. The number of nitrogens with zero attached hydrogens (tertiary/aromatic N) is 1. The summed E-state index contributed by atoms with van der Waals surface area (Å²) in [4.78, 5) is 28.2.